The van der Waals surface area contributed by atoms with Crippen LogP contribution in [0.5, 0.6) is 0 Å². The summed E-state index contributed by atoms with van der Waals surface area (Å²) >= 11 is 0. The normalized spacial score (nSPS) is 20.7. The molecule has 0 radical (unpaired) electrons. The van der Waals surface area contributed by atoms with Gasteiger partial charge in [-0.15, -0.1) is 5.73 Å². The van der Waals surface area contributed by atoms with Crippen LogP contribution in [0.3, 0.4) is 0 Å². The van der Waals surface area contributed by atoms with E-state index in [4.69, 9.17) is 9.53 Å². The van der Waals surface area contributed by atoms with Crippen molar-refractivity contribution in [3.05, 3.63) is 29.5 Å². The van der Waals surface area contributed by atoms with E-state index in [9.17, 15) is 9.90 Å². The summed E-state index contributed by atoms with van der Waals surface area (Å²) in [6.07, 6.45) is 15.1. The molecule has 2 unspecified atom stereocenters. The van der Waals surface area contributed by atoms with Crippen LogP contribution in [0, 0.1) is 11.8 Å². The van der Waals surface area contributed by atoms with E-state index in [0.717, 1.165) is 32.1 Å². The lowest BCUT2D eigenvalue weighted by Gasteiger charge is -2.41. The van der Waals surface area contributed by atoms with Crippen molar-refractivity contribution >= 4 is 14.3 Å². The van der Waals surface area contributed by atoms with Gasteiger partial charge in [-0.1, -0.05) is 65.5 Å². The summed E-state index contributed by atoms with van der Waals surface area (Å²) in [5.74, 6) is -0.115. The predicted molar refractivity (Wildman–Crippen MR) is 141 cm³/mol. The molecule has 0 saturated heterocycles. The lowest BCUT2D eigenvalue weighted by Crippen LogP contribution is -2.45. The van der Waals surface area contributed by atoms with Gasteiger partial charge in [-0.25, -0.2) is 0 Å². The predicted octanol–water partition coefficient (Wildman–Crippen LogP) is 7.65. The quantitative estimate of drug-likeness (QED) is 0.110. The standard InChI is InChI=1S/C28H50O4Si/c1-8-9-12-15-22(2)26(32-33(6,7)28(3,4)5)21-19-23-18-20-25(29)24(23)16-13-10-11-14-17-27(30)31/h10,14,18,22,24-26,29H,8-9,12-13,15-17,19-21H2,1-7H3,(H,30,31)/t11?,22?,24-,25+,26?/m1/s1. The fourth-order valence-electron chi connectivity index (χ4n) is 4.30. The van der Waals surface area contributed by atoms with E-state index in [1.165, 1.54) is 31.3 Å². The molecule has 1 aliphatic carbocycles. The van der Waals surface area contributed by atoms with E-state index >= 15 is 0 Å². The van der Waals surface area contributed by atoms with Crippen LogP contribution in [-0.4, -0.2) is 36.7 Å². The van der Waals surface area contributed by atoms with Gasteiger partial charge in [0, 0.05) is 12.0 Å². The maximum absolute atomic E-state index is 10.6. The van der Waals surface area contributed by atoms with Crippen LogP contribution in [0.15, 0.2) is 29.5 Å². The Bertz CT molecular complexity index is 683. The van der Waals surface area contributed by atoms with Crippen molar-refractivity contribution in [1.29, 1.82) is 0 Å². The number of unbranched alkanes of at least 4 members (excludes halogenated alkanes) is 2. The highest BCUT2D eigenvalue weighted by Gasteiger charge is 2.40. The number of carboxylic acid groups (broad SMARTS) is 1. The minimum absolute atomic E-state index is 0.000235. The van der Waals surface area contributed by atoms with Crippen molar-refractivity contribution in [2.75, 3.05) is 0 Å². The zero-order valence-electron chi connectivity index (χ0n) is 22.3. The van der Waals surface area contributed by atoms with Gasteiger partial charge in [0.25, 0.3) is 0 Å². The molecule has 0 aromatic carbocycles. The van der Waals surface area contributed by atoms with Crippen molar-refractivity contribution in [3.8, 4) is 0 Å². The Balaban J connectivity index is 2.77. The average Bonchev–Trinajstić information content (AvgIpc) is 3.06. The van der Waals surface area contributed by atoms with Gasteiger partial charge >= 0.3 is 5.97 Å². The summed E-state index contributed by atoms with van der Waals surface area (Å²) in [4.78, 5) is 10.6. The van der Waals surface area contributed by atoms with Gasteiger partial charge < -0.3 is 14.6 Å². The van der Waals surface area contributed by atoms with Crippen LogP contribution in [0.2, 0.25) is 18.1 Å². The van der Waals surface area contributed by atoms with Crippen LogP contribution in [-0.2, 0) is 9.22 Å². The van der Waals surface area contributed by atoms with Gasteiger partial charge in [-0.3, -0.25) is 4.79 Å². The topological polar surface area (TPSA) is 66.8 Å². The Morgan fingerprint density at radius 3 is 2.58 bits per heavy atom. The van der Waals surface area contributed by atoms with Crippen LogP contribution in [0.1, 0.15) is 98.8 Å². The largest absolute Gasteiger partial charge is 0.481 e. The third-order valence-electron chi connectivity index (χ3n) is 7.56. The first kappa shape index (κ1) is 29.9. The van der Waals surface area contributed by atoms with Crippen molar-refractivity contribution in [3.63, 3.8) is 0 Å². The lowest BCUT2D eigenvalue weighted by molar-refractivity contribution is -0.136. The fraction of sp³-hybridized carbons (Fsp3) is 0.786. The van der Waals surface area contributed by atoms with E-state index in [1.54, 1.807) is 6.08 Å². The molecule has 0 heterocycles. The highest BCUT2D eigenvalue weighted by atomic mass is 28.4. The van der Waals surface area contributed by atoms with E-state index in [2.05, 4.69) is 59.5 Å². The van der Waals surface area contributed by atoms with Crippen molar-refractivity contribution in [2.45, 2.75) is 129 Å². The lowest BCUT2D eigenvalue weighted by atomic mass is 9.88. The minimum atomic E-state index is -1.85. The van der Waals surface area contributed by atoms with E-state index in [-0.39, 0.29) is 29.6 Å². The van der Waals surface area contributed by atoms with Gasteiger partial charge in [0.15, 0.2) is 8.32 Å². The van der Waals surface area contributed by atoms with Gasteiger partial charge in [-0.05, 0) is 74.7 Å². The molecule has 0 bridgehead atoms. The number of aliphatic carboxylic acids is 1. The molecule has 0 amide bonds. The summed E-state index contributed by atoms with van der Waals surface area (Å²) < 4.78 is 6.94. The van der Waals surface area contributed by atoms with Crippen LogP contribution < -0.4 is 0 Å². The second kappa shape index (κ2) is 14.3. The molecule has 2 N–H and O–H groups in total. The number of rotatable bonds is 15. The van der Waals surface area contributed by atoms with E-state index in [1.807, 2.05) is 6.08 Å². The summed E-state index contributed by atoms with van der Waals surface area (Å²) in [6, 6.07) is 0. The molecule has 0 aromatic heterocycles. The summed E-state index contributed by atoms with van der Waals surface area (Å²) in [6.45, 7) is 16.2. The van der Waals surface area contributed by atoms with E-state index in [0.29, 0.717) is 5.92 Å². The maximum atomic E-state index is 10.6. The fourth-order valence-corrected chi connectivity index (χ4v) is 5.76. The number of aliphatic hydroxyl groups is 1. The highest BCUT2D eigenvalue weighted by Crippen LogP contribution is 2.40. The Kier molecular flexibility index (Phi) is 13.0. The molecule has 0 aromatic rings. The monoisotopic (exact) mass is 478 g/mol. The summed E-state index contributed by atoms with van der Waals surface area (Å²) in [5, 5.41) is 19.4. The Morgan fingerprint density at radius 2 is 1.97 bits per heavy atom. The number of carboxylic acids is 1. The Morgan fingerprint density at radius 1 is 1.27 bits per heavy atom. The number of carbonyl (C=O) groups is 1. The van der Waals surface area contributed by atoms with Crippen molar-refractivity contribution in [2.24, 2.45) is 11.8 Å². The molecule has 1 aliphatic rings. The SMILES string of the molecule is CCCCCC(C)C(CCC1=CC[C@H](O)[C@@H]1CCC=C=CCC(=O)O)O[Si](C)(C)C(C)(C)C. The third-order valence-corrected chi connectivity index (χ3v) is 12.1. The van der Waals surface area contributed by atoms with E-state index < -0.39 is 14.3 Å². The molecular weight excluding hydrogens is 428 g/mol. The molecule has 0 saturated carbocycles. The Hall–Kier alpha value is -1.13. The molecule has 0 fully saturated rings. The second-order valence-corrected chi connectivity index (χ2v) is 16.1. The number of aliphatic hydroxyl groups excluding tert-OH is 1. The molecule has 1 rings (SSSR count). The van der Waals surface area contributed by atoms with Crippen LogP contribution in [0.25, 0.3) is 0 Å². The van der Waals surface area contributed by atoms with Crippen molar-refractivity contribution in [1.82, 2.24) is 0 Å². The van der Waals surface area contributed by atoms with Crippen LogP contribution in [0.4, 0.5) is 0 Å². The van der Waals surface area contributed by atoms with Gasteiger partial charge in [0.1, 0.15) is 0 Å². The minimum Gasteiger partial charge on any atom is -0.481 e. The summed E-state index contributed by atoms with van der Waals surface area (Å²) in [7, 11) is -1.85. The number of hydrogen-bond acceptors (Lipinski definition) is 3. The molecule has 4 atom stereocenters. The second-order valence-electron chi connectivity index (χ2n) is 11.4. The molecule has 0 aliphatic heterocycles. The zero-order chi connectivity index (χ0) is 25.1. The summed E-state index contributed by atoms with van der Waals surface area (Å²) in [5.41, 5.74) is 4.32. The molecular formula is C28H50O4Si. The molecule has 4 nitrogen and oxygen atoms in total. The average molecular weight is 479 g/mol. The molecule has 190 valence electrons. The number of hydrogen-bond donors (Lipinski definition) is 2. The van der Waals surface area contributed by atoms with Crippen molar-refractivity contribution < 1.29 is 19.4 Å². The Labute approximate surface area is 204 Å². The first-order chi connectivity index (χ1) is 15.4. The zero-order valence-corrected chi connectivity index (χ0v) is 23.3. The maximum Gasteiger partial charge on any atom is 0.307 e. The first-order valence-electron chi connectivity index (χ1n) is 13.0. The van der Waals surface area contributed by atoms with Crippen LogP contribution >= 0.6 is 0 Å². The van der Waals surface area contributed by atoms with Gasteiger partial charge in [-0.2, -0.15) is 0 Å². The smallest absolute Gasteiger partial charge is 0.307 e. The van der Waals surface area contributed by atoms with Gasteiger partial charge in [0.2, 0.25) is 0 Å². The molecule has 5 heteroatoms. The molecule has 33 heavy (non-hydrogen) atoms. The molecule has 0 spiro atoms. The third kappa shape index (κ3) is 10.8. The van der Waals surface area contributed by atoms with Gasteiger partial charge in [0.05, 0.1) is 12.5 Å². The first-order valence-corrected chi connectivity index (χ1v) is 16.0. The highest BCUT2D eigenvalue weighted by molar-refractivity contribution is 6.74.